The number of aromatic nitrogens is 5. The smallest absolute Gasteiger partial charge is 0.321 e. The van der Waals surface area contributed by atoms with Gasteiger partial charge in [-0.3, -0.25) is 0 Å². The van der Waals surface area contributed by atoms with Crippen molar-refractivity contribution in [1.82, 2.24) is 24.8 Å². The SMILES string of the molecule is c1ccc(Oc2ncc(-c3ccn4nncc4c3)cn2)cc1. The van der Waals surface area contributed by atoms with Crippen LogP contribution >= 0.6 is 0 Å². The Balaban J connectivity index is 1.61. The molecule has 4 aromatic rings. The molecule has 0 saturated heterocycles. The van der Waals surface area contributed by atoms with E-state index in [1.807, 2.05) is 48.7 Å². The standard InChI is InChI=1S/C16H11N5O/c1-2-4-15(5-3-1)22-16-17-9-13(10-18-16)12-6-7-21-14(8-12)11-19-20-21/h1-11H. The normalized spacial score (nSPS) is 10.7. The zero-order valence-corrected chi connectivity index (χ0v) is 11.5. The first kappa shape index (κ1) is 12.5. The number of pyridine rings is 1. The van der Waals surface area contributed by atoms with Crippen LogP contribution in [0.5, 0.6) is 11.8 Å². The van der Waals surface area contributed by atoms with E-state index < -0.39 is 0 Å². The van der Waals surface area contributed by atoms with E-state index >= 15 is 0 Å². The van der Waals surface area contributed by atoms with Gasteiger partial charge >= 0.3 is 6.01 Å². The zero-order chi connectivity index (χ0) is 14.8. The Morgan fingerprint density at radius 2 is 1.68 bits per heavy atom. The lowest BCUT2D eigenvalue weighted by atomic mass is 10.1. The van der Waals surface area contributed by atoms with Crippen molar-refractivity contribution in [3.63, 3.8) is 0 Å². The van der Waals surface area contributed by atoms with Crippen LogP contribution in [0.3, 0.4) is 0 Å². The average Bonchev–Trinajstić information content (AvgIpc) is 3.04. The molecule has 0 radical (unpaired) electrons. The molecule has 0 fully saturated rings. The van der Waals surface area contributed by atoms with E-state index in [1.165, 1.54) is 0 Å². The molecule has 0 amide bonds. The molecule has 106 valence electrons. The highest BCUT2D eigenvalue weighted by molar-refractivity contribution is 5.66. The number of ether oxygens (including phenoxy) is 1. The Labute approximate surface area is 126 Å². The molecule has 0 aliphatic carbocycles. The van der Waals surface area contributed by atoms with Gasteiger partial charge in [0.2, 0.25) is 0 Å². The maximum absolute atomic E-state index is 5.58. The number of fused-ring (bicyclic) bond motifs is 1. The first-order chi connectivity index (χ1) is 10.9. The molecule has 0 aliphatic heterocycles. The number of rotatable bonds is 3. The molecule has 0 saturated carbocycles. The minimum absolute atomic E-state index is 0.321. The molecule has 6 heteroatoms. The van der Waals surface area contributed by atoms with Crippen LogP contribution in [0.2, 0.25) is 0 Å². The van der Waals surface area contributed by atoms with E-state index in [0.29, 0.717) is 11.8 Å². The molecule has 3 aromatic heterocycles. The van der Waals surface area contributed by atoms with Crippen molar-refractivity contribution in [2.45, 2.75) is 0 Å². The molecule has 4 rings (SSSR count). The second kappa shape index (κ2) is 5.25. The summed E-state index contributed by atoms with van der Waals surface area (Å²) in [6.07, 6.45) is 7.03. The predicted octanol–water partition coefficient (Wildman–Crippen LogP) is 2.98. The van der Waals surface area contributed by atoms with Crippen LogP contribution in [0.15, 0.2) is 67.3 Å². The van der Waals surface area contributed by atoms with Crippen LogP contribution in [-0.2, 0) is 0 Å². The molecule has 0 bridgehead atoms. The Kier molecular flexibility index (Phi) is 2.97. The molecule has 0 spiro atoms. The van der Waals surface area contributed by atoms with Gasteiger partial charge in [-0.2, -0.15) is 0 Å². The summed E-state index contributed by atoms with van der Waals surface area (Å²) in [6.45, 7) is 0. The Hall–Kier alpha value is -3.28. The van der Waals surface area contributed by atoms with E-state index in [0.717, 1.165) is 16.6 Å². The Morgan fingerprint density at radius 1 is 0.864 bits per heavy atom. The molecule has 6 nitrogen and oxygen atoms in total. The largest absolute Gasteiger partial charge is 0.424 e. The van der Waals surface area contributed by atoms with Gasteiger partial charge in [0, 0.05) is 24.2 Å². The second-order valence-corrected chi connectivity index (χ2v) is 4.69. The van der Waals surface area contributed by atoms with Crippen molar-refractivity contribution in [3.8, 4) is 22.9 Å². The number of hydrogen-bond acceptors (Lipinski definition) is 5. The fourth-order valence-corrected chi connectivity index (χ4v) is 2.12. The Bertz CT molecular complexity index is 903. The highest BCUT2D eigenvalue weighted by Gasteiger charge is 2.04. The van der Waals surface area contributed by atoms with Crippen molar-refractivity contribution in [2.75, 3.05) is 0 Å². The summed E-state index contributed by atoms with van der Waals surface area (Å²) in [5.74, 6) is 0.710. The number of benzene rings is 1. The molecule has 0 N–H and O–H groups in total. The van der Waals surface area contributed by atoms with E-state index in [4.69, 9.17) is 4.74 Å². The van der Waals surface area contributed by atoms with E-state index in [9.17, 15) is 0 Å². The van der Waals surface area contributed by atoms with Gasteiger partial charge in [0.1, 0.15) is 5.75 Å². The fourth-order valence-electron chi connectivity index (χ4n) is 2.12. The molecule has 0 aliphatic rings. The molecule has 22 heavy (non-hydrogen) atoms. The van der Waals surface area contributed by atoms with Gasteiger partial charge in [0.15, 0.2) is 0 Å². The molecule has 3 heterocycles. The van der Waals surface area contributed by atoms with Gasteiger partial charge in [-0.25, -0.2) is 14.5 Å². The molecular formula is C16H11N5O. The second-order valence-electron chi connectivity index (χ2n) is 4.69. The first-order valence-electron chi connectivity index (χ1n) is 6.74. The van der Waals surface area contributed by atoms with Crippen molar-refractivity contribution in [1.29, 1.82) is 0 Å². The summed E-state index contributed by atoms with van der Waals surface area (Å²) in [5, 5.41) is 7.79. The van der Waals surface area contributed by atoms with Crippen LogP contribution in [0.4, 0.5) is 0 Å². The van der Waals surface area contributed by atoms with Gasteiger partial charge in [-0.15, -0.1) is 5.10 Å². The van der Waals surface area contributed by atoms with E-state index in [1.54, 1.807) is 23.1 Å². The zero-order valence-electron chi connectivity index (χ0n) is 11.5. The minimum atomic E-state index is 0.321. The van der Waals surface area contributed by atoms with Crippen LogP contribution < -0.4 is 4.74 Å². The number of para-hydroxylation sites is 1. The fraction of sp³-hybridized carbons (Fsp3) is 0. The minimum Gasteiger partial charge on any atom is -0.424 e. The lowest BCUT2D eigenvalue weighted by Crippen LogP contribution is -1.92. The van der Waals surface area contributed by atoms with Gasteiger partial charge < -0.3 is 4.74 Å². The molecule has 0 unspecified atom stereocenters. The molecule has 1 aromatic carbocycles. The monoisotopic (exact) mass is 289 g/mol. The quantitative estimate of drug-likeness (QED) is 0.580. The summed E-state index contributed by atoms with van der Waals surface area (Å²) in [7, 11) is 0. The lowest BCUT2D eigenvalue weighted by Gasteiger charge is -2.05. The van der Waals surface area contributed by atoms with Crippen LogP contribution in [0.1, 0.15) is 0 Å². The van der Waals surface area contributed by atoms with Gasteiger partial charge in [-0.05, 0) is 29.8 Å². The van der Waals surface area contributed by atoms with Crippen LogP contribution in [0.25, 0.3) is 16.6 Å². The highest BCUT2D eigenvalue weighted by atomic mass is 16.5. The number of hydrogen-bond donors (Lipinski definition) is 0. The average molecular weight is 289 g/mol. The highest BCUT2D eigenvalue weighted by Crippen LogP contribution is 2.21. The van der Waals surface area contributed by atoms with E-state index in [-0.39, 0.29) is 0 Å². The summed E-state index contributed by atoms with van der Waals surface area (Å²) < 4.78 is 7.29. The van der Waals surface area contributed by atoms with Gasteiger partial charge in [0.05, 0.1) is 11.7 Å². The molecular weight excluding hydrogens is 278 g/mol. The van der Waals surface area contributed by atoms with E-state index in [2.05, 4.69) is 20.3 Å². The summed E-state index contributed by atoms with van der Waals surface area (Å²) in [4.78, 5) is 8.49. The van der Waals surface area contributed by atoms with Crippen molar-refractivity contribution < 1.29 is 4.74 Å². The van der Waals surface area contributed by atoms with Gasteiger partial charge in [0.25, 0.3) is 0 Å². The summed E-state index contributed by atoms with van der Waals surface area (Å²) in [6, 6.07) is 13.7. The van der Waals surface area contributed by atoms with Crippen LogP contribution in [-0.4, -0.2) is 24.8 Å². The van der Waals surface area contributed by atoms with Crippen molar-refractivity contribution >= 4 is 5.52 Å². The first-order valence-corrected chi connectivity index (χ1v) is 6.74. The predicted molar refractivity (Wildman–Crippen MR) is 80.5 cm³/mol. The third-order valence-corrected chi connectivity index (χ3v) is 3.22. The van der Waals surface area contributed by atoms with Gasteiger partial charge in [-0.1, -0.05) is 23.4 Å². The summed E-state index contributed by atoms with van der Waals surface area (Å²) >= 11 is 0. The Morgan fingerprint density at radius 3 is 2.50 bits per heavy atom. The van der Waals surface area contributed by atoms with Crippen molar-refractivity contribution in [3.05, 3.63) is 67.3 Å². The number of nitrogens with zero attached hydrogens (tertiary/aromatic N) is 5. The summed E-state index contributed by atoms with van der Waals surface area (Å²) in [5.41, 5.74) is 2.83. The topological polar surface area (TPSA) is 65.2 Å². The third kappa shape index (κ3) is 2.37. The maximum Gasteiger partial charge on any atom is 0.321 e. The van der Waals surface area contributed by atoms with Crippen LogP contribution in [0, 0.1) is 0 Å². The maximum atomic E-state index is 5.58. The molecule has 0 atom stereocenters. The lowest BCUT2D eigenvalue weighted by molar-refractivity contribution is 0.442. The van der Waals surface area contributed by atoms with Crippen molar-refractivity contribution in [2.24, 2.45) is 0 Å². The third-order valence-electron chi connectivity index (χ3n) is 3.22.